The lowest BCUT2D eigenvalue weighted by Crippen LogP contribution is -1.88. The van der Waals surface area contributed by atoms with Crippen molar-refractivity contribution in [1.82, 2.24) is 0 Å². The van der Waals surface area contributed by atoms with Crippen molar-refractivity contribution in [3.05, 3.63) is 70.3 Å². The molecule has 0 amide bonds. The van der Waals surface area contributed by atoms with Crippen LogP contribution in [0.1, 0.15) is 27.8 Å². The van der Waals surface area contributed by atoms with Crippen LogP contribution in [-0.2, 0) is 0 Å². The summed E-state index contributed by atoms with van der Waals surface area (Å²) in [6, 6.07) is 12.6. The molecular weight excluding hydrogens is 340 g/mol. The van der Waals surface area contributed by atoms with Crippen molar-refractivity contribution in [2.45, 2.75) is 34.6 Å². The molecule has 0 bridgehead atoms. The predicted octanol–water partition coefficient (Wildman–Crippen LogP) is 5.40. The lowest BCUT2D eigenvalue weighted by atomic mass is 9.96. The minimum atomic E-state index is -0.0689. The summed E-state index contributed by atoms with van der Waals surface area (Å²) in [4.78, 5) is 0. The summed E-state index contributed by atoms with van der Waals surface area (Å²) in [6.07, 6.45) is 0. The molecule has 0 atom stereocenters. The van der Waals surface area contributed by atoms with Crippen molar-refractivity contribution in [3.8, 4) is 34.1 Å². The molecule has 27 heavy (non-hydrogen) atoms. The predicted molar refractivity (Wildman–Crippen MR) is 109 cm³/mol. The van der Waals surface area contributed by atoms with Crippen LogP contribution in [0.3, 0.4) is 0 Å². The maximum absolute atomic E-state index is 9.79. The van der Waals surface area contributed by atoms with Crippen molar-refractivity contribution >= 4 is 0 Å². The number of phenolic OH excluding ortho intramolecular Hbond substituents is 4. The fourth-order valence-electron chi connectivity index (χ4n) is 2.88. The van der Waals surface area contributed by atoms with Crippen molar-refractivity contribution in [3.63, 3.8) is 0 Å². The zero-order chi connectivity index (χ0) is 20.3. The van der Waals surface area contributed by atoms with Gasteiger partial charge in [-0.3, -0.25) is 0 Å². The number of benzene rings is 3. The quantitative estimate of drug-likeness (QED) is 0.434. The summed E-state index contributed by atoms with van der Waals surface area (Å²) in [5.74, 6) is 0.576. The molecule has 0 aliphatic heterocycles. The van der Waals surface area contributed by atoms with Crippen LogP contribution in [-0.4, -0.2) is 20.4 Å². The molecule has 0 aliphatic rings. The van der Waals surface area contributed by atoms with E-state index in [0.717, 1.165) is 38.9 Å². The van der Waals surface area contributed by atoms with Gasteiger partial charge in [0.1, 0.15) is 11.5 Å². The Labute approximate surface area is 160 Å². The largest absolute Gasteiger partial charge is 0.507 e. The molecular formula is C23H26O4. The van der Waals surface area contributed by atoms with E-state index < -0.39 is 0 Å². The molecule has 0 fully saturated rings. The standard InChI is InChI=1S/C16H18O2.C7H8O2/c1-9-5-13(6-10(2)15(9)17)14-7-11(3)16(18)12(4)8-14;1-5-2-3-6(8)7(9)4-5/h5-8,17-18H,1-4H3;2-4,8-9H,1H3. The first-order chi connectivity index (χ1) is 12.6. The van der Waals surface area contributed by atoms with Gasteiger partial charge in [0.2, 0.25) is 0 Å². The third-order valence-electron chi connectivity index (χ3n) is 4.45. The second-order valence-corrected chi connectivity index (χ2v) is 6.91. The lowest BCUT2D eigenvalue weighted by Gasteiger charge is -2.11. The van der Waals surface area contributed by atoms with Crippen LogP contribution in [0.5, 0.6) is 23.0 Å². The van der Waals surface area contributed by atoms with E-state index in [9.17, 15) is 10.2 Å². The molecule has 0 aliphatic carbocycles. The second-order valence-electron chi connectivity index (χ2n) is 6.91. The van der Waals surface area contributed by atoms with E-state index in [-0.39, 0.29) is 11.5 Å². The Kier molecular flexibility index (Phi) is 6.01. The van der Waals surface area contributed by atoms with Gasteiger partial charge in [-0.15, -0.1) is 0 Å². The molecule has 0 spiro atoms. The summed E-state index contributed by atoms with van der Waals surface area (Å²) in [5.41, 5.74) is 6.54. The average Bonchev–Trinajstić information content (AvgIpc) is 2.60. The number of phenols is 4. The van der Waals surface area contributed by atoms with E-state index in [2.05, 4.69) is 0 Å². The number of aryl methyl sites for hydroxylation is 5. The van der Waals surface area contributed by atoms with Gasteiger partial charge in [0.15, 0.2) is 11.5 Å². The normalized spacial score (nSPS) is 10.3. The molecule has 3 aromatic rings. The number of rotatable bonds is 1. The average molecular weight is 366 g/mol. The van der Waals surface area contributed by atoms with Gasteiger partial charge in [0, 0.05) is 0 Å². The van der Waals surface area contributed by atoms with Crippen LogP contribution >= 0.6 is 0 Å². The summed E-state index contributed by atoms with van der Waals surface area (Å²) in [6.45, 7) is 9.43. The van der Waals surface area contributed by atoms with Gasteiger partial charge in [0.05, 0.1) is 0 Å². The van der Waals surface area contributed by atoms with E-state index >= 15 is 0 Å². The Morgan fingerprint density at radius 3 is 1.15 bits per heavy atom. The van der Waals surface area contributed by atoms with Gasteiger partial charge < -0.3 is 20.4 Å². The zero-order valence-electron chi connectivity index (χ0n) is 16.3. The highest BCUT2D eigenvalue weighted by Crippen LogP contribution is 2.33. The zero-order valence-corrected chi connectivity index (χ0v) is 16.3. The number of hydrogen-bond donors (Lipinski definition) is 4. The van der Waals surface area contributed by atoms with Gasteiger partial charge in [-0.2, -0.15) is 0 Å². The topological polar surface area (TPSA) is 80.9 Å². The van der Waals surface area contributed by atoms with Crippen LogP contribution in [0.4, 0.5) is 0 Å². The third kappa shape index (κ3) is 4.73. The number of hydrogen-bond acceptors (Lipinski definition) is 4. The maximum Gasteiger partial charge on any atom is 0.157 e. The summed E-state index contributed by atoms with van der Waals surface area (Å²) >= 11 is 0. The molecule has 0 heterocycles. The Morgan fingerprint density at radius 1 is 0.481 bits per heavy atom. The van der Waals surface area contributed by atoms with E-state index in [0.29, 0.717) is 11.5 Å². The van der Waals surface area contributed by atoms with Crippen LogP contribution in [0.2, 0.25) is 0 Å². The van der Waals surface area contributed by atoms with Crippen molar-refractivity contribution in [2.24, 2.45) is 0 Å². The molecule has 0 radical (unpaired) electrons. The van der Waals surface area contributed by atoms with Crippen molar-refractivity contribution < 1.29 is 20.4 Å². The van der Waals surface area contributed by atoms with E-state index in [1.54, 1.807) is 6.07 Å². The van der Waals surface area contributed by atoms with Gasteiger partial charge >= 0.3 is 0 Å². The van der Waals surface area contributed by atoms with Gasteiger partial charge in [-0.1, -0.05) is 6.07 Å². The molecule has 0 unspecified atom stereocenters. The maximum atomic E-state index is 9.79. The van der Waals surface area contributed by atoms with Crippen LogP contribution < -0.4 is 0 Å². The first-order valence-corrected chi connectivity index (χ1v) is 8.69. The fraction of sp³-hybridized carbons (Fsp3) is 0.217. The monoisotopic (exact) mass is 366 g/mol. The van der Waals surface area contributed by atoms with Crippen LogP contribution in [0.25, 0.3) is 11.1 Å². The summed E-state index contributed by atoms with van der Waals surface area (Å²) < 4.78 is 0. The molecule has 142 valence electrons. The third-order valence-corrected chi connectivity index (χ3v) is 4.45. The molecule has 4 N–H and O–H groups in total. The Balaban J connectivity index is 0.000000244. The van der Waals surface area contributed by atoms with E-state index in [4.69, 9.17) is 10.2 Å². The molecule has 0 aromatic heterocycles. The van der Waals surface area contributed by atoms with Gasteiger partial charge in [0.25, 0.3) is 0 Å². The first-order valence-electron chi connectivity index (χ1n) is 8.69. The van der Waals surface area contributed by atoms with Crippen LogP contribution in [0.15, 0.2) is 42.5 Å². The summed E-state index contributed by atoms with van der Waals surface area (Å²) in [5, 5.41) is 37.2. The van der Waals surface area contributed by atoms with E-state index in [1.807, 2.05) is 58.9 Å². The smallest absolute Gasteiger partial charge is 0.157 e. The van der Waals surface area contributed by atoms with Crippen molar-refractivity contribution in [1.29, 1.82) is 0 Å². The molecule has 3 rings (SSSR count). The SMILES string of the molecule is Cc1cc(-c2cc(C)c(O)c(C)c2)cc(C)c1O.Cc1ccc(O)c(O)c1. The lowest BCUT2D eigenvalue weighted by molar-refractivity contribution is 0.403. The summed E-state index contributed by atoms with van der Waals surface area (Å²) in [7, 11) is 0. The highest BCUT2D eigenvalue weighted by atomic mass is 16.3. The second kappa shape index (κ2) is 8.04. The van der Waals surface area contributed by atoms with Crippen molar-refractivity contribution in [2.75, 3.05) is 0 Å². The first kappa shape index (κ1) is 20.2. The minimum Gasteiger partial charge on any atom is -0.507 e. The Morgan fingerprint density at radius 2 is 0.852 bits per heavy atom. The highest BCUT2D eigenvalue weighted by molar-refractivity contribution is 5.70. The molecule has 4 nitrogen and oxygen atoms in total. The Hall–Kier alpha value is -3.14. The Bertz CT molecular complexity index is 873. The fourth-order valence-corrected chi connectivity index (χ4v) is 2.88. The number of aromatic hydroxyl groups is 4. The molecule has 0 saturated carbocycles. The minimum absolute atomic E-state index is 0.0602. The van der Waals surface area contributed by atoms with Gasteiger partial charge in [-0.25, -0.2) is 0 Å². The van der Waals surface area contributed by atoms with Gasteiger partial charge in [-0.05, 0) is 110 Å². The van der Waals surface area contributed by atoms with E-state index in [1.165, 1.54) is 12.1 Å². The molecule has 4 heteroatoms. The molecule has 0 saturated heterocycles. The highest BCUT2D eigenvalue weighted by Gasteiger charge is 2.08. The van der Waals surface area contributed by atoms with Crippen LogP contribution in [0, 0.1) is 34.6 Å². The molecule has 3 aromatic carbocycles.